The summed E-state index contributed by atoms with van der Waals surface area (Å²) in [5.74, 6) is 1.83. The molecule has 5 atom stereocenters. The third kappa shape index (κ3) is 2.83. The van der Waals surface area contributed by atoms with Crippen LogP contribution in [0.15, 0.2) is 24.8 Å². The molecular formula is C25H36INO3Si. The molecule has 0 amide bonds. The molecule has 0 radical (unpaired) electrons. The van der Waals surface area contributed by atoms with Crippen molar-refractivity contribution in [2.45, 2.75) is 91.7 Å². The molecule has 1 aromatic carbocycles. The molecule has 2 heterocycles. The van der Waals surface area contributed by atoms with Crippen LogP contribution in [0, 0.1) is 0 Å². The number of halogens is 1. The SMILES string of the molecule is C=CCN1CC[C@]23c4c5ccc(O[Si](C)(C)C(C)(C)C)c4O[C@H]2C(I)CC[C@@]3(O)[C@H]1C5. The summed E-state index contributed by atoms with van der Waals surface area (Å²) < 4.78 is 14.0. The van der Waals surface area contributed by atoms with Gasteiger partial charge in [0, 0.05) is 22.1 Å². The Balaban J connectivity index is 1.68. The zero-order chi connectivity index (χ0) is 22.4. The van der Waals surface area contributed by atoms with Gasteiger partial charge in [-0.25, -0.2) is 0 Å². The number of hydrogen-bond donors (Lipinski definition) is 1. The van der Waals surface area contributed by atoms with E-state index in [0.717, 1.165) is 50.3 Å². The van der Waals surface area contributed by atoms with Crippen molar-refractivity contribution in [1.82, 2.24) is 4.90 Å². The van der Waals surface area contributed by atoms with Crippen molar-refractivity contribution in [3.63, 3.8) is 0 Å². The summed E-state index contributed by atoms with van der Waals surface area (Å²) in [6, 6.07) is 4.53. The van der Waals surface area contributed by atoms with Crippen LogP contribution in [0.2, 0.25) is 18.1 Å². The van der Waals surface area contributed by atoms with Crippen molar-refractivity contribution >= 4 is 30.9 Å². The van der Waals surface area contributed by atoms with E-state index < -0.39 is 13.9 Å². The maximum Gasteiger partial charge on any atom is 0.250 e. The molecule has 1 spiro atoms. The second-order valence-corrected chi connectivity index (χ2v) is 17.9. The maximum absolute atomic E-state index is 12.4. The minimum absolute atomic E-state index is 0.0125. The zero-order valence-electron chi connectivity index (χ0n) is 19.5. The van der Waals surface area contributed by atoms with Crippen LogP contribution in [-0.4, -0.2) is 53.1 Å². The molecule has 1 saturated carbocycles. The lowest BCUT2D eigenvalue weighted by molar-refractivity contribution is -0.180. The quantitative estimate of drug-likeness (QED) is 0.241. The van der Waals surface area contributed by atoms with E-state index in [0.29, 0.717) is 3.92 Å². The van der Waals surface area contributed by atoms with E-state index in [-0.39, 0.29) is 22.6 Å². The standard InChI is InChI=1S/C25H36INO3Si/c1-7-13-27-14-12-24-20-16-8-9-18(30-31(5,6)23(2,3)4)21(20)29-22(24)17(26)10-11-25(24,28)19(27)15-16/h7-9,17,19,22,28H,1,10-15H2,2-6H3/t17?,19-,22+,24+,25-/m1/s1. The van der Waals surface area contributed by atoms with Crippen LogP contribution in [0.1, 0.15) is 51.2 Å². The molecule has 1 unspecified atom stereocenters. The number of hydrogen-bond acceptors (Lipinski definition) is 4. The number of aliphatic hydroxyl groups is 1. The van der Waals surface area contributed by atoms with Gasteiger partial charge in [0.2, 0.25) is 0 Å². The van der Waals surface area contributed by atoms with Gasteiger partial charge in [0.1, 0.15) is 11.9 Å². The molecule has 5 rings (SSSR count). The van der Waals surface area contributed by atoms with Crippen molar-refractivity contribution in [1.29, 1.82) is 0 Å². The highest BCUT2D eigenvalue weighted by atomic mass is 127. The molecule has 2 fully saturated rings. The van der Waals surface area contributed by atoms with Crippen LogP contribution in [0.25, 0.3) is 0 Å². The van der Waals surface area contributed by atoms with Gasteiger partial charge in [0.05, 0.1) is 11.0 Å². The molecule has 4 aliphatic rings. The molecule has 0 aromatic heterocycles. The van der Waals surface area contributed by atoms with Gasteiger partial charge in [-0.15, -0.1) is 6.58 Å². The molecule has 170 valence electrons. The highest BCUT2D eigenvalue weighted by molar-refractivity contribution is 14.1. The Bertz CT molecular complexity index is 928. The lowest BCUT2D eigenvalue weighted by Crippen LogP contribution is -2.76. The van der Waals surface area contributed by atoms with Crippen LogP contribution < -0.4 is 9.16 Å². The summed E-state index contributed by atoms with van der Waals surface area (Å²) in [5, 5.41) is 12.5. The number of alkyl halides is 1. The summed E-state index contributed by atoms with van der Waals surface area (Å²) in [4.78, 5) is 2.45. The van der Waals surface area contributed by atoms with Gasteiger partial charge < -0.3 is 14.3 Å². The average molecular weight is 554 g/mol. The summed E-state index contributed by atoms with van der Waals surface area (Å²) in [5.41, 5.74) is 1.53. The predicted molar refractivity (Wildman–Crippen MR) is 136 cm³/mol. The van der Waals surface area contributed by atoms with Crippen LogP contribution in [0.4, 0.5) is 0 Å². The number of piperidine rings is 1. The number of rotatable bonds is 4. The van der Waals surface area contributed by atoms with Crippen molar-refractivity contribution in [3.05, 3.63) is 35.9 Å². The molecule has 1 N–H and O–H groups in total. The van der Waals surface area contributed by atoms with E-state index >= 15 is 0 Å². The van der Waals surface area contributed by atoms with Crippen LogP contribution in [-0.2, 0) is 11.8 Å². The van der Waals surface area contributed by atoms with Gasteiger partial charge >= 0.3 is 0 Å². The van der Waals surface area contributed by atoms with Crippen LogP contribution in [0.5, 0.6) is 11.5 Å². The van der Waals surface area contributed by atoms with Gasteiger partial charge in [0.25, 0.3) is 8.32 Å². The van der Waals surface area contributed by atoms with E-state index in [9.17, 15) is 5.11 Å². The van der Waals surface area contributed by atoms with Crippen molar-refractivity contribution in [2.24, 2.45) is 0 Å². The van der Waals surface area contributed by atoms with Crippen molar-refractivity contribution in [2.75, 3.05) is 13.1 Å². The van der Waals surface area contributed by atoms with Gasteiger partial charge in [-0.05, 0) is 62.0 Å². The van der Waals surface area contributed by atoms with Gasteiger partial charge in [-0.2, -0.15) is 0 Å². The first-order valence-electron chi connectivity index (χ1n) is 11.7. The van der Waals surface area contributed by atoms with E-state index in [1.807, 2.05) is 6.08 Å². The Morgan fingerprint density at radius 3 is 2.77 bits per heavy atom. The van der Waals surface area contributed by atoms with Gasteiger partial charge in [-0.3, -0.25) is 4.90 Å². The minimum atomic E-state index is -2.01. The first kappa shape index (κ1) is 22.2. The molecule has 2 bridgehead atoms. The Labute approximate surface area is 201 Å². The predicted octanol–water partition coefficient (Wildman–Crippen LogP) is 5.21. The lowest BCUT2D eigenvalue weighted by atomic mass is 9.49. The van der Waals surface area contributed by atoms with Crippen molar-refractivity contribution in [3.8, 4) is 11.5 Å². The van der Waals surface area contributed by atoms with Gasteiger partial charge in [-0.1, -0.05) is 55.5 Å². The third-order valence-electron chi connectivity index (χ3n) is 9.02. The van der Waals surface area contributed by atoms with Crippen molar-refractivity contribution < 1.29 is 14.3 Å². The second-order valence-electron chi connectivity index (χ2n) is 11.5. The molecule has 1 aromatic rings. The van der Waals surface area contributed by atoms with Gasteiger partial charge in [0.15, 0.2) is 5.75 Å². The third-order valence-corrected chi connectivity index (χ3v) is 14.6. The summed E-state index contributed by atoms with van der Waals surface area (Å²) >= 11 is 2.57. The minimum Gasteiger partial charge on any atom is -0.541 e. The fourth-order valence-corrected chi connectivity index (χ4v) is 8.54. The first-order chi connectivity index (χ1) is 14.5. The smallest absolute Gasteiger partial charge is 0.250 e. The Morgan fingerprint density at radius 2 is 2.10 bits per heavy atom. The molecule has 1 saturated heterocycles. The largest absolute Gasteiger partial charge is 0.541 e. The average Bonchev–Trinajstić information content (AvgIpc) is 3.03. The Kier molecular flexibility index (Phi) is 5.00. The van der Waals surface area contributed by atoms with E-state index in [1.165, 1.54) is 11.1 Å². The number of benzene rings is 1. The fourth-order valence-electron chi connectivity index (χ4n) is 6.45. The van der Waals surface area contributed by atoms with E-state index in [2.05, 4.69) is 80.1 Å². The maximum atomic E-state index is 12.4. The van der Waals surface area contributed by atoms with E-state index in [1.54, 1.807) is 0 Å². The second kappa shape index (κ2) is 6.97. The van der Waals surface area contributed by atoms with E-state index in [4.69, 9.17) is 9.16 Å². The normalized spacial score (nSPS) is 36.5. The Hall–Kier alpha value is -0.573. The number of ether oxygens (including phenoxy) is 1. The summed E-state index contributed by atoms with van der Waals surface area (Å²) in [7, 11) is -2.01. The summed E-state index contributed by atoms with van der Waals surface area (Å²) in [6.45, 7) is 17.2. The summed E-state index contributed by atoms with van der Waals surface area (Å²) in [6.07, 6.45) is 5.62. The number of likely N-dealkylation sites (tertiary alicyclic amines) is 1. The lowest BCUT2D eigenvalue weighted by Gasteiger charge is -2.63. The monoisotopic (exact) mass is 553 g/mol. The number of nitrogens with zero attached hydrogens (tertiary/aromatic N) is 1. The van der Waals surface area contributed by atoms with Crippen LogP contribution >= 0.6 is 22.6 Å². The fraction of sp³-hybridized carbons (Fsp3) is 0.680. The topological polar surface area (TPSA) is 41.9 Å². The molecule has 6 heteroatoms. The highest BCUT2D eigenvalue weighted by Gasteiger charge is 2.72. The molecular weight excluding hydrogens is 517 g/mol. The molecule has 2 aliphatic carbocycles. The first-order valence-corrected chi connectivity index (χ1v) is 15.8. The Morgan fingerprint density at radius 1 is 1.35 bits per heavy atom. The molecule has 2 aliphatic heterocycles. The molecule has 31 heavy (non-hydrogen) atoms. The zero-order valence-corrected chi connectivity index (χ0v) is 22.7. The van der Waals surface area contributed by atoms with Crippen LogP contribution in [0.3, 0.4) is 0 Å². The highest BCUT2D eigenvalue weighted by Crippen LogP contribution is 2.66. The molecule has 4 nitrogen and oxygen atoms in total.